The predicted octanol–water partition coefficient (Wildman–Crippen LogP) is 3.46. The number of rotatable bonds is 1. The topological polar surface area (TPSA) is 43.1 Å². The van der Waals surface area contributed by atoms with E-state index in [1.807, 2.05) is 0 Å². The largest absolute Gasteiger partial charge is 0.416 e. The average Bonchev–Trinajstić information content (AvgIpc) is 2.81. The Morgan fingerprint density at radius 2 is 1.65 bits per heavy atom. The van der Waals surface area contributed by atoms with Crippen molar-refractivity contribution in [3.8, 4) is 11.4 Å². The summed E-state index contributed by atoms with van der Waals surface area (Å²) in [6.45, 7) is 0. The first-order valence-corrected chi connectivity index (χ1v) is 5.88. The molecule has 0 radical (unpaired) electrons. The van der Waals surface area contributed by atoms with Crippen LogP contribution in [0.5, 0.6) is 0 Å². The zero-order valence-corrected chi connectivity index (χ0v) is 10.5. The molecule has 0 fully saturated rings. The van der Waals surface area contributed by atoms with Crippen LogP contribution in [0.15, 0.2) is 36.4 Å². The summed E-state index contributed by atoms with van der Waals surface area (Å²) in [7, 11) is 0. The van der Waals surface area contributed by atoms with Gasteiger partial charge in [0.15, 0.2) is 11.5 Å². The van der Waals surface area contributed by atoms with Gasteiger partial charge in [-0.3, -0.25) is 0 Å². The molecule has 3 aromatic rings. The Labute approximate surface area is 115 Å². The summed E-state index contributed by atoms with van der Waals surface area (Å²) in [6.07, 6.45) is -4.37. The lowest BCUT2D eigenvalue weighted by molar-refractivity contribution is -0.137. The van der Waals surface area contributed by atoms with Crippen molar-refractivity contribution in [2.45, 2.75) is 6.18 Å². The third-order valence-corrected chi connectivity index (χ3v) is 2.90. The Hall–Kier alpha value is -2.15. The van der Waals surface area contributed by atoms with Crippen LogP contribution < -0.4 is 0 Å². The maximum absolute atomic E-state index is 12.5. The zero-order valence-electron chi connectivity index (χ0n) is 9.76. The van der Waals surface area contributed by atoms with E-state index < -0.39 is 11.7 Å². The van der Waals surface area contributed by atoms with Crippen molar-refractivity contribution in [3.63, 3.8) is 0 Å². The molecule has 0 aliphatic heterocycles. The number of hydrogen-bond donors (Lipinski definition) is 0. The molecule has 8 heteroatoms. The summed E-state index contributed by atoms with van der Waals surface area (Å²) < 4.78 is 38.9. The van der Waals surface area contributed by atoms with E-state index in [1.165, 1.54) is 16.6 Å². The first kappa shape index (κ1) is 12.9. The molecule has 0 aliphatic rings. The summed E-state index contributed by atoms with van der Waals surface area (Å²) in [6, 6.07) is 7.80. The highest BCUT2D eigenvalue weighted by Gasteiger charge is 2.30. The van der Waals surface area contributed by atoms with Crippen LogP contribution in [-0.2, 0) is 6.18 Å². The molecule has 102 valence electrons. The van der Waals surface area contributed by atoms with E-state index in [0.717, 1.165) is 12.1 Å². The summed E-state index contributed by atoms with van der Waals surface area (Å²) in [5.41, 5.74) is 0.214. The van der Waals surface area contributed by atoms with Gasteiger partial charge in [0.25, 0.3) is 0 Å². The Balaban J connectivity index is 2.09. The number of halogens is 4. The number of benzene rings is 1. The smallest absolute Gasteiger partial charge is 0.191 e. The van der Waals surface area contributed by atoms with Crippen molar-refractivity contribution in [1.29, 1.82) is 0 Å². The Morgan fingerprint density at radius 3 is 2.30 bits per heavy atom. The fraction of sp³-hybridized carbons (Fsp3) is 0.0833. The fourth-order valence-corrected chi connectivity index (χ4v) is 1.89. The number of alkyl halides is 3. The fourth-order valence-electron chi connectivity index (χ4n) is 1.75. The summed E-state index contributed by atoms with van der Waals surface area (Å²) in [5, 5.41) is 12.0. The Morgan fingerprint density at radius 1 is 0.950 bits per heavy atom. The van der Waals surface area contributed by atoms with Gasteiger partial charge >= 0.3 is 6.18 Å². The van der Waals surface area contributed by atoms with Gasteiger partial charge in [0, 0.05) is 5.56 Å². The Bertz CT molecular complexity index is 764. The summed E-state index contributed by atoms with van der Waals surface area (Å²) in [5.74, 6) is 0.330. The minimum absolute atomic E-state index is 0.241. The van der Waals surface area contributed by atoms with E-state index in [2.05, 4.69) is 15.3 Å². The molecule has 3 rings (SSSR count). The molecule has 0 bridgehead atoms. The molecule has 0 aliphatic carbocycles. The lowest BCUT2D eigenvalue weighted by Crippen LogP contribution is -2.04. The van der Waals surface area contributed by atoms with Crippen molar-refractivity contribution in [3.05, 3.63) is 47.1 Å². The van der Waals surface area contributed by atoms with Crippen LogP contribution in [0.4, 0.5) is 13.2 Å². The number of fused-ring (bicyclic) bond motifs is 1. The van der Waals surface area contributed by atoms with Gasteiger partial charge in [0.05, 0.1) is 5.56 Å². The molecule has 0 N–H and O–H groups in total. The lowest BCUT2D eigenvalue weighted by Gasteiger charge is -2.06. The number of aromatic nitrogens is 4. The molecular weight excluding hydrogens is 293 g/mol. The van der Waals surface area contributed by atoms with Crippen LogP contribution in [0.25, 0.3) is 17.0 Å². The zero-order chi connectivity index (χ0) is 14.3. The van der Waals surface area contributed by atoms with Crippen LogP contribution >= 0.6 is 11.6 Å². The van der Waals surface area contributed by atoms with Crippen molar-refractivity contribution < 1.29 is 13.2 Å². The van der Waals surface area contributed by atoms with E-state index in [4.69, 9.17) is 11.6 Å². The molecule has 4 nitrogen and oxygen atoms in total. The maximum Gasteiger partial charge on any atom is 0.416 e. The molecule has 2 heterocycles. The minimum atomic E-state index is -4.37. The van der Waals surface area contributed by atoms with E-state index in [0.29, 0.717) is 17.0 Å². The van der Waals surface area contributed by atoms with Crippen molar-refractivity contribution in [2.24, 2.45) is 0 Å². The van der Waals surface area contributed by atoms with Crippen molar-refractivity contribution in [2.75, 3.05) is 0 Å². The maximum atomic E-state index is 12.5. The molecule has 2 aromatic heterocycles. The van der Waals surface area contributed by atoms with Gasteiger partial charge < -0.3 is 0 Å². The van der Waals surface area contributed by atoms with E-state index in [-0.39, 0.29) is 5.15 Å². The molecule has 0 saturated heterocycles. The number of nitrogens with zero attached hydrogens (tertiary/aromatic N) is 4. The molecule has 0 atom stereocenters. The Kier molecular flexibility index (Phi) is 2.86. The van der Waals surface area contributed by atoms with E-state index in [9.17, 15) is 13.2 Å². The second-order valence-electron chi connectivity index (χ2n) is 4.02. The van der Waals surface area contributed by atoms with E-state index >= 15 is 0 Å². The van der Waals surface area contributed by atoms with Crippen LogP contribution in [-0.4, -0.2) is 19.8 Å². The predicted molar refractivity (Wildman–Crippen MR) is 66.2 cm³/mol. The van der Waals surface area contributed by atoms with E-state index in [1.54, 1.807) is 12.1 Å². The lowest BCUT2D eigenvalue weighted by atomic mass is 10.1. The van der Waals surface area contributed by atoms with Gasteiger partial charge in [-0.15, -0.1) is 10.2 Å². The van der Waals surface area contributed by atoms with Gasteiger partial charge in [-0.25, -0.2) is 0 Å². The number of hydrogen-bond acceptors (Lipinski definition) is 3. The van der Waals surface area contributed by atoms with Crippen molar-refractivity contribution >= 4 is 17.2 Å². The van der Waals surface area contributed by atoms with Gasteiger partial charge in [0.2, 0.25) is 0 Å². The normalized spacial score (nSPS) is 12.0. The summed E-state index contributed by atoms with van der Waals surface area (Å²) in [4.78, 5) is 0. The van der Waals surface area contributed by atoms with Gasteiger partial charge in [-0.05, 0) is 24.3 Å². The van der Waals surface area contributed by atoms with Gasteiger partial charge in [-0.2, -0.15) is 22.8 Å². The van der Waals surface area contributed by atoms with Crippen molar-refractivity contribution in [1.82, 2.24) is 19.8 Å². The highest BCUT2D eigenvalue weighted by Crippen LogP contribution is 2.30. The molecular formula is C12H6ClF3N4. The molecule has 0 amide bonds. The summed E-state index contributed by atoms with van der Waals surface area (Å²) >= 11 is 5.78. The second kappa shape index (κ2) is 4.45. The highest BCUT2D eigenvalue weighted by atomic mass is 35.5. The molecule has 0 unspecified atom stereocenters. The molecule has 0 spiro atoms. The molecule has 20 heavy (non-hydrogen) atoms. The van der Waals surface area contributed by atoms with Crippen LogP contribution in [0.3, 0.4) is 0 Å². The first-order chi connectivity index (χ1) is 9.45. The van der Waals surface area contributed by atoms with Gasteiger partial charge in [0.1, 0.15) is 5.15 Å². The minimum Gasteiger partial charge on any atom is -0.191 e. The molecule has 1 aromatic carbocycles. The monoisotopic (exact) mass is 298 g/mol. The standard InChI is InChI=1S/C12H6ClF3N4/c13-9-5-6-10-17-18-11(20(10)19-9)7-1-3-8(4-2-7)12(14,15)16/h1-6H. The third kappa shape index (κ3) is 2.20. The average molecular weight is 299 g/mol. The SMILES string of the molecule is FC(F)(F)c1ccc(-c2nnc3ccc(Cl)nn23)cc1. The van der Waals surface area contributed by atoms with Crippen LogP contribution in [0.1, 0.15) is 5.56 Å². The molecule has 0 saturated carbocycles. The highest BCUT2D eigenvalue weighted by molar-refractivity contribution is 6.29. The second-order valence-corrected chi connectivity index (χ2v) is 4.41. The van der Waals surface area contributed by atoms with Gasteiger partial charge in [-0.1, -0.05) is 23.7 Å². The quantitative estimate of drug-likeness (QED) is 0.691. The third-order valence-electron chi connectivity index (χ3n) is 2.70. The van der Waals surface area contributed by atoms with Crippen LogP contribution in [0.2, 0.25) is 5.15 Å². The van der Waals surface area contributed by atoms with Crippen LogP contribution in [0, 0.1) is 0 Å². The first-order valence-electron chi connectivity index (χ1n) is 5.51.